The third-order valence-electron chi connectivity index (χ3n) is 2.16. The topological polar surface area (TPSA) is 0 Å². The molecule has 0 aromatic rings. The summed E-state index contributed by atoms with van der Waals surface area (Å²) >= 11 is 5.59. The number of allylic oxidation sites excluding steroid dienone is 2. The van der Waals surface area contributed by atoms with Crippen LogP contribution in [0.5, 0.6) is 0 Å². The van der Waals surface area contributed by atoms with E-state index < -0.39 is 0 Å². The Morgan fingerprint density at radius 1 is 0.846 bits per heavy atom. The number of alkyl halides is 1. The zero-order valence-corrected chi connectivity index (χ0v) is 9.65. The fourth-order valence-corrected chi connectivity index (χ4v) is 1.54. The summed E-state index contributed by atoms with van der Waals surface area (Å²) in [6.07, 6.45) is 15.0. The second-order valence-corrected chi connectivity index (χ2v) is 3.86. The highest BCUT2D eigenvalue weighted by molar-refractivity contribution is 6.17. The number of hydrogen-bond acceptors (Lipinski definition) is 0. The van der Waals surface area contributed by atoms with Gasteiger partial charge in [0, 0.05) is 5.88 Å². The molecule has 0 saturated carbocycles. The van der Waals surface area contributed by atoms with Crippen LogP contribution in [0.4, 0.5) is 0 Å². The van der Waals surface area contributed by atoms with Gasteiger partial charge in [0.25, 0.3) is 0 Å². The van der Waals surface area contributed by atoms with Crippen LogP contribution in [-0.4, -0.2) is 5.88 Å². The van der Waals surface area contributed by atoms with Gasteiger partial charge in [-0.25, -0.2) is 0 Å². The van der Waals surface area contributed by atoms with Crippen LogP contribution >= 0.6 is 11.6 Å². The second-order valence-electron chi connectivity index (χ2n) is 3.48. The minimum absolute atomic E-state index is 0.833. The summed E-state index contributed by atoms with van der Waals surface area (Å²) < 4.78 is 0. The Kier molecular flexibility index (Phi) is 12.1. The number of unbranched alkanes of at least 4 members (excludes halogenated alkanes) is 6. The van der Waals surface area contributed by atoms with E-state index >= 15 is 0 Å². The molecule has 0 aliphatic carbocycles. The highest BCUT2D eigenvalue weighted by Gasteiger charge is 1.89. The molecule has 0 saturated heterocycles. The summed E-state index contributed by atoms with van der Waals surface area (Å²) in [6.45, 7) is 2.18. The molecular weight excluding hydrogens is 180 g/mol. The van der Waals surface area contributed by atoms with Crippen molar-refractivity contribution in [3.8, 4) is 0 Å². The van der Waals surface area contributed by atoms with Crippen molar-refractivity contribution >= 4 is 11.6 Å². The molecule has 0 aliphatic rings. The van der Waals surface area contributed by atoms with Gasteiger partial charge >= 0.3 is 0 Å². The second kappa shape index (κ2) is 12.0. The van der Waals surface area contributed by atoms with Crippen LogP contribution in [0, 0.1) is 0 Å². The van der Waals surface area contributed by atoms with Gasteiger partial charge in [0.15, 0.2) is 0 Å². The molecule has 0 spiro atoms. The normalized spacial score (nSPS) is 11.2. The van der Waals surface area contributed by atoms with Crippen LogP contribution in [0.25, 0.3) is 0 Å². The van der Waals surface area contributed by atoms with Crippen molar-refractivity contribution in [3.05, 3.63) is 12.2 Å². The summed E-state index contributed by atoms with van der Waals surface area (Å²) in [5, 5.41) is 0. The average molecular weight is 203 g/mol. The molecule has 0 rings (SSSR count). The van der Waals surface area contributed by atoms with Crippen LogP contribution in [0.15, 0.2) is 12.2 Å². The van der Waals surface area contributed by atoms with Crippen molar-refractivity contribution in [1.29, 1.82) is 0 Å². The maximum absolute atomic E-state index is 5.59. The quantitative estimate of drug-likeness (QED) is 0.283. The summed E-state index contributed by atoms with van der Waals surface area (Å²) in [6, 6.07) is 0. The maximum Gasteiger partial charge on any atom is 0.0223 e. The lowest BCUT2D eigenvalue weighted by molar-refractivity contribution is 0.612. The molecule has 1 heteroatoms. The standard InChI is InChI=1S/C12H23Cl/c1-2-3-4-5-6-7-8-9-10-11-12-13/h3-4H,2,5-12H2,1H3/b4-3+. The monoisotopic (exact) mass is 202 g/mol. The van der Waals surface area contributed by atoms with Gasteiger partial charge in [0.05, 0.1) is 0 Å². The van der Waals surface area contributed by atoms with Crippen LogP contribution in [-0.2, 0) is 0 Å². The largest absolute Gasteiger partial charge is 0.127 e. The molecule has 0 aliphatic heterocycles. The number of halogens is 1. The van der Waals surface area contributed by atoms with Crippen LogP contribution in [0.1, 0.15) is 58.3 Å². The predicted molar refractivity (Wildman–Crippen MR) is 62.5 cm³/mol. The van der Waals surface area contributed by atoms with Crippen molar-refractivity contribution < 1.29 is 0 Å². The van der Waals surface area contributed by atoms with Crippen molar-refractivity contribution in [2.75, 3.05) is 5.88 Å². The molecule has 0 bridgehead atoms. The van der Waals surface area contributed by atoms with Gasteiger partial charge < -0.3 is 0 Å². The smallest absolute Gasteiger partial charge is 0.0223 e. The van der Waals surface area contributed by atoms with E-state index in [9.17, 15) is 0 Å². The van der Waals surface area contributed by atoms with Gasteiger partial charge in [-0.3, -0.25) is 0 Å². The Morgan fingerprint density at radius 2 is 1.46 bits per heavy atom. The lowest BCUT2D eigenvalue weighted by Crippen LogP contribution is -1.80. The maximum atomic E-state index is 5.59. The molecule has 0 amide bonds. The molecule has 0 N–H and O–H groups in total. The van der Waals surface area contributed by atoms with E-state index in [-0.39, 0.29) is 0 Å². The molecule has 0 fully saturated rings. The minimum atomic E-state index is 0.833. The molecule has 78 valence electrons. The zero-order chi connectivity index (χ0) is 9.78. The molecule has 13 heavy (non-hydrogen) atoms. The van der Waals surface area contributed by atoms with Crippen molar-refractivity contribution in [2.24, 2.45) is 0 Å². The Labute approximate surface area is 88.4 Å². The first-order valence-corrected chi connectivity index (χ1v) is 6.16. The van der Waals surface area contributed by atoms with Gasteiger partial charge in [-0.15, -0.1) is 11.6 Å². The Bertz CT molecular complexity index is 108. The van der Waals surface area contributed by atoms with Crippen LogP contribution in [0.2, 0.25) is 0 Å². The third kappa shape index (κ3) is 12.0. The summed E-state index contributed by atoms with van der Waals surface area (Å²) in [5.41, 5.74) is 0. The van der Waals surface area contributed by atoms with E-state index in [1.165, 1.54) is 51.4 Å². The summed E-state index contributed by atoms with van der Waals surface area (Å²) in [4.78, 5) is 0. The molecule has 0 atom stereocenters. The molecule has 0 heterocycles. The SMILES string of the molecule is CC/C=C/CCCCCCCCCl. The first kappa shape index (κ1) is 13.0. The predicted octanol–water partition coefficient (Wildman–Crippen LogP) is 4.92. The van der Waals surface area contributed by atoms with Crippen molar-refractivity contribution in [2.45, 2.75) is 58.3 Å². The molecule has 0 aromatic heterocycles. The van der Waals surface area contributed by atoms with Crippen LogP contribution in [0.3, 0.4) is 0 Å². The third-order valence-corrected chi connectivity index (χ3v) is 2.42. The summed E-state index contributed by atoms with van der Waals surface area (Å²) in [7, 11) is 0. The minimum Gasteiger partial charge on any atom is -0.127 e. The van der Waals surface area contributed by atoms with E-state index in [2.05, 4.69) is 19.1 Å². The molecule has 0 radical (unpaired) electrons. The molecule has 0 nitrogen and oxygen atoms in total. The Morgan fingerprint density at radius 3 is 2.08 bits per heavy atom. The van der Waals surface area contributed by atoms with Gasteiger partial charge in [0.1, 0.15) is 0 Å². The van der Waals surface area contributed by atoms with E-state index in [0.717, 1.165) is 5.88 Å². The van der Waals surface area contributed by atoms with E-state index in [4.69, 9.17) is 11.6 Å². The highest BCUT2D eigenvalue weighted by Crippen LogP contribution is 2.07. The molecular formula is C12H23Cl. The zero-order valence-electron chi connectivity index (χ0n) is 8.90. The van der Waals surface area contributed by atoms with E-state index in [1.54, 1.807) is 0 Å². The number of hydrogen-bond donors (Lipinski definition) is 0. The fraction of sp³-hybridized carbons (Fsp3) is 0.833. The van der Waals surface area contributed by atoms with Crippen molar-refractivity contribution in [3.63, 3.8) is 0 Å². The summed E-state index contributed by atoms with van der Waals surface area (Å²) in [5.74, 6) is 0.833. The first-order chi connectivity index (χ1) is 6.41. The van der Waals surface area contributed by atoms with Crippen LogP contribution < -0.4 is 0 Å². The van der Waals surface area contributed by atoms with Gasteiger partial charge in [-0.1, -0.05) is 44.8 Å². The lowest BCUT2D eigenvalue weighted by Gasteiger charge is -1.98. The van der Waals surface area contributed by atoms with Crippen molar-refractivity contribution in [1.82, 2.24) is 0 Å². The first-order valence-electron chi connectivity index (χ1n) is 5.62. The molecule has 0 unspecified atom stereocenters. The van der Waals surface area contributed by atoms with E-state index in [0.29, 0.717) is 0 Å². The fourth-order valence-electron chi connectivity index (χ4n) is 1.35. The van der Waals surface area contributed by atoms with Gasteiger partial charge in [0.2, 0.25) is 0 Å². The average Bonchev–Trinajstić information content (AvgIpc) is 2.16. The Hall–Kier alpha value is 0.0300. The Balaban J connectivity index is 2.87. The highest BCUT2D eigenvalue weighted by atomic mass is 35.5. The van der Waals surface area contributed by atoms with E-state index in [1.807, 2.05) is 0 Å². The lowest BCUT2D eigenvalue weighted by atomic mass is 10.1. The van der Waals surface area contributed by atoms with Gasteiger partial charge in [-0.05, 0) is 25.7 Å². The van der Waals surface area contributed by atoms with Gasteiger partial charge in [-0.2, -0.15) is 0 Å². The molecule has 0 aromatic carbocycles. The number of rotatable bonds is 9.